The Morgan fingerprint density at radius 1 is 1.12 bits per heavy atom. The predicted molar refractivity (Wildman–Crippen MR) is 59.2 cm³/mol. The van der Waals surface area contributed by atoms with E-state index in [0.717, 1.165) is 0 Å². The van der Waals surface area contributed by atoms with E-state index in [9.17, 15) is 9.13 Å². The summed E-state index contributed by atoms with van der Waals surface area (Å²) < 4.78 is 25.5. The number of hydrogen-bond donors (Lipinski definition) is 7. The highest BCUT2D eigenvalue weighted by Gasteiger charge is 2.43. The van der Waals surface area contributed by atoms with Crippen molar-refractivity contribution in [1.82, 2.24) is 18.5 Å². The van der Waals surface area contributed by atoms with E-state index in [1.807, 2.05) is 0 Å². The van der Waals surface area contributed by atoms with Crippen LogP contribution in [0.25, 0.3) is 0 Å². The van der Waals surface area contributed by atoms with Gasteiger partial charge >= 0.3 is 15.2 Å². The van der Waals surface area contributed by atoms with Crippen LogP contribution in [0.1, 0.15) is 13.3 Å². The van der Waals surface area contributed by atoms with Crippen LogP contribution in [-0.2, 0) is 13.7 Å². The van der Waals surface area contributed by atoms with Gasteiger partial charge in [-0.25, -0.2) is 0 Å². The molecule has 0 aromatic rings. The molecule has 12 heteroatoms. The van der Waals surface area contributed by atoms with Crippen LogP contribution in [0.15, 0.2) is 0 Å². The second kappa shape index (κ2) is 9.20. The standard InChI is InChI=1S/C4H12O7P2.3H3N/c1-2-3-11-13(9,10)4(5)12(6,7)8;;;/h4-5H,2-3H2,1H3,(H,9,10)(H2,6,7,8);3*1H3. The molecule has 0 spiro atoms. The minimum atomic E-state index is -5.00. The Hall–Kier alpha value is 0.140. The average Bonchev–Trinajstić information content (AvgIpc) is 1.98. The zero-order valence-electron chi connectivity index (χ0n) is 9.02. The van der Waals surface area contributed by atoms with Crippen LogP contribution in [0.4, 0.5) is 0 Å². The van der Waals surface area contributed by atoms with E-state index in [1.54, 1.807) is 6.92 Å². The molecule has 0 aromatic heterocycles. The molecule has 0 aliphatic carbocycles. The lowest BCUT2D eigenvalue weighted by molar-refractivity contribution is 0.188. The van der Waals surface area contributed by atoms with E-state index in [1.165, 1.54) is 0 Å². The first-order valence-corrected chi connectivity index (χ1v) is 6.75. The quantitative estimate of drug-likeness (QED) is 0.346. The van der Waals surface area contributed by atoms with Crippen LogP contribution in [0.3, 0.4) is 0 Å². The lowest BCUT2D eigenvalue weighted by atomic mass is 10.5. The summed E-state index contributed by atoms with van der Waals surface area (Å²) in [4.78, 5) is 25.6. The number of aliphatic hydroxyl groups excluding tert-OH is 1. The fraction of sp³-hybridized carbons (Fsp3) is 1.00. The summed E-state index contributed by atoms with van der Waals surface area (Å²) in [6, 6.07) is 0. The second-order valence-electron chi connectivity index (χ2n) is 2.33. The highest BCUT2D eigenvalue weighted by atomic mass is 31.2. The van der Waals surface area contributed by atoms with Crippen molar-refractivity contribution >= 4 is 15.2 Å². The van der Waals surface area contributed by atoms with Crippen LogP contribution >= 0.6 is 15.2 Å². The molecule has 10 nitrogen and oxygen atoms in total. The van der Waals surface area contributed by atoms with Crippen molar-refractivity contribution in [1.29, 1.82) is 0 Å². The van der Waals surface area contributed by atoms with Crippen LogP contribution in [-0.4, -0.2) is 32.0 Å². The first kappa shape index (κ1) is 25.1. The third-order valence-electron chi connectivity index (χ3n) is 1.07. The van der Waals surface area contributed by atoms with Crippen LogP contribution in [0, 0.1) is 0 Å². The van der Waals surface area contributed by atoms with E-state index < -0.39 is 20.8 Å². The molecule has 0 aromatic carbocycles. The molecule has 0 amide bonds. The van der Waals surface area contributed by atoms with Crippen molar-refractivity contribution in [3.63, 3.8) is 0 Å². The highest BCUT2D eigenvalue weighted by molar-refractivity contribution is 7.70. The van der Waals surface area contributed by atoms with Gasteiger partial charge in [-0.05, 0) is 6.42 Å². The van der Waals surface area contributed by atoms with E-state index >= 15 is 0 Å². The van der Waals surface area contributed by atoms with Gasteiger partial charge < -0.3 is 42.8 Å². The molecule has 0 saturated carbocycles. The molecule has 0 rings (SSSR count). The Morgan fingerprint density at radius 2 is 1.50 bits per heavy atom. The van der Waals surface area contributed by atoms with Gasteiger partial charge in [-0.1, -0.05) is 6.92 Å². The molecule has 0 bridgehead atoms. The van der Waals surface area contributed by atoms with Gasteiger partial charge in [0.05, 0.1) is 6.61 Å². The normalized spacial score (nSPS) is 15.8. The molecule has 0 radical (unpaired) electrons. The smallest absolute Gasteiger partial charge is 0.368 e. The molecule has 16 heavy (non-hydrogen) atoms. The molecule has 0 aliphatic heterocycles. The maximum Gasteiger partial charge on any atom is 0.368 e. The summed E-state index contributed by atoms with van der Waals surface area (Å²) in [7, 11) is -9.63. The largest absolute Gasteiger partial charge is 0.370 e. The summed E-state index contributed by atoms with van der Waals surface area (Å²) in [6.45, 7) is 1.49. The molecule has 0 saturated heterocycles. The molecule has 13 N–H and O–H groups in total. The Bertz CT molecular complexity index is 256. The number of hydrogen-bond acceptors (Lipinski definition) is 7. The summed E-state index contributed by atoms with van der Waals surface area (Å²) in [5, 5.41) is 8.74. The zero-order valence-corrected chi connectivity index (χ0v) is 10.8. The summed E-state index contributed by atoms with van der Waals surface area (Å²) in [5.74, 6) is 0. The average molecular weight is 285 g/mol. The fourth-order valence-corrected chi connectivity index (χ4v) is 2.78. The fourth-order valence-electron chi connectivity index (χ4n) is 0.479. The van der Waals surface area contributed by atoms with Crippen LogP contribution in [0.5, 0.6) is 0 Å². The number of aliphatic hydroxyl groups is 1. The van der Waals surface area contributed by atoms with E-state index in [2.05, 4.69) is 4.52 Å². The molecule has 0 fully saturated rings. The van der Waals surface area contributed by atoms with Crippen molar-refractivity contribution < 1.29 is 33.4 Å². The monoisotopic (exact) mass is 285 g/mol. The molecular formula is C4H21N3O7P2. The zero-order chi connectivity index (χ0) is 10.7. The third-order valence-corrected chi connectivity index (χ3v) is 4.59. The summed E-state index contributed by atoms with van der Waals surface area (Å²) >= 11 is 0. The minimum absolute atomic E-state index is 0. The Labute approximate surface area is 93.5 Å². The summed E-state index contributed by atoms with van der Waals surface area (Å²) in [5.41, 5.74) is -2.66. The van der Waals surface area contributed by atoms with Crippen molar-refractivity contribution in [2.45, 2.75) is 18.9 Å². The molecular weight excluding hydrogens is 264 g/mol. The lowest BCUT2D eigenvalue weighted by Gasteiger charge is -2.18. The Kier molecular flexibility index (Phi) is 14.4. The van der Waals surface area contributed by atoms with Gasteiger partial charge in [0.1, 0.15) is 0 Å². The minimum Gasteiger partial charge on any atom is -0.370 e. The molecule has 2 atom stereocenters. The maximum atomic E-state index is 10.9. The number of rotatable bonds is 5. The maximum absolute atomic E-state index is 10.9. The topological polar surface area (TPSA) is 229 Å². The van der Waals surface area contributed by atoms with Gasteiger partial charge in [0.2, 0.25) is 0 Å². The van der Waals surface area contributed by atoms with E-state index in [4.69, 9.17) is 19.8 Å². The van der Waals surface area contributed by atoms with Crippen LogP contribution in [0.2, 0.25) is 0 Å². The second-order valence-corrected chi connectivity index (χ2v) is 6.28. The SMILES string of the molecule is CCCOP(=O)(O)C(O)P(=O)(O)O.N.N.N. The Morgan fingerprint density at radius 3 is 1.75 bits per heavy atom. The first-order chi connectivity index (χ1) is 5.72. The van der Waals surface area contributed by atoms with Gasteiger partial charge in [0, 0.05) is 0 Å². The van der Waals surface area contributed by atoms with Crippen molar-refractivity contribution in [3.05, 3.63) is 0 Å². The Balaban J connectivity index is -0.000000240. The van der Waals surface area contributed by atoms with Crippen molar-refractivity contribution in [2.75, 3.05) is 6.61 Å². The lowest BCUT2D eigenvalue weighted by Crippen LogP contribution is -2.10. The van der Waals surface area contributed by atoms with Crippen molar-refractivity contribution in [2.24, 2.45) is 0 Å². The summed E-state index contributed by atoms with van der Waals surface area (Å²) in [6.07, 6.45) is 0.401. The molecule has 0 heterocycles. The predicted octanol–water partition coefficient (Wildman–Crippen LogP) is 0.538. The third kappa shape index (κ3) is 8.31. The first-order valence-electron chi connectivity index (χ1n) is 3.42. The molecule has 2 unspecified atom stereocenters. The highest BCUT2D eigenvalue weighted by Crippen LogP contribution is 2.61. The van der Waals surface area contributed by atoms with Gasteiger partial charge in [-0.3, -0.25) is 9.13 Å². The van der Waals surface area contributed by atoms with E-state index in [0.29, 0.717) is 6.42 Å². The van der Waals surface area contributed by atoms with Gasteiger partial charge in [0.15, 0.2) is 0 Å². The molecule has 104 valence electrons. The van der Waals surface area contributed by atoms with E-state index in [-0.39, 0.29) is 25.1 Å². The van der Waals surface area contributed by atoms with Crippen molar-refractivity contribution in [3.8, 4) is 0 Å². The van der Waals surface area contributed by atoms with Gasteiger partial charge in [-0.2, -0.15) is 0 Å². The van der Waals surface area contributed by atoms with Gasteiger partial charge in [-0.15, -0.1) is 0 Å². The van der Waals surface area contributed by atoms with Gasteiger partial charge in [0.25, 0.3) is 5.59 Å². The molecule has 0 aliphatic rings. The van der Waals surface area contributed by atoms with Crippen LogP contribution < -0.4 is 18.5 Å².